The molecular formula is C17H28IN5O. The van der Waals surface area contributed by atoms with Gasteiger partial charge in [-0.15, -0.1) is 24.0 Å². The second-order valence-electron chi connectivity index (χ2n) is 6.54. The van der Waals surface area contributed by atoms with Crippen molar-refractivity contribution in [2.45, 2.75) is 39.0 Å². The highest BCUT2D eigenvalue weighted by Crippen LogP contribution is 2.28. The van der Waals surface area contributed by atoms with E-state index in [2.05, 4.69) is 45.4 Å². The summed E-state index contributed by atoms with van der Waals surface area (Å²) in [6, 6.07) is 4.77. The van der Waals surface area contributed by atoms with Crippen molar-refractivity contribution in [2.24, 2.45) is 10.9 Å². The zero-order valence-electron chi connectivity index (χ0n) is 14.7. The first kappa shape index (κ1) is 19.2. The van der Waals surface area contributed by atoms with Crippen LogP contribution in [0.1, 0.15) is 25.8 Å². The predicted octanol–water partition coefficient (Wildman–Crippen LogP) is 2.00. The fourth-order valence-electron chi connectivity index (χ4n) is 2.85. The lowest BCUT2D eigenvalue weighted by atomic mass is 10.2. The van der Waals surface area contributed by atoms with Crippen molar-refractivity contribution in [3.8, 4) is 0 Å². The summed E-state index contributed by atoms with van der Waals surface area (Å²) < 4.78 is 5.60. The maximum Gasteiger partial charge on any atom is 0.191 e. The third-order valence-electron chi connectivity index (χ3n) is 4.49. The molecule has 3 unspecified atom stereocenters. The lowest BCUT2D eigenvalue weighted by molar-refractivity contribution is 0.0529. The van der Waals surface area contributed by atoms with Gasteiger partial charge in [-0.1, -0.05) is 6.92 Å². The van der Waals surface area contributed by atoms with E-state index < -0.39 is 0 Å². The van der Waals surface area contributed by atoms with Gasteiger partial charge < -0.3 is 20.3 Å². The Hall–Kier alpha value is -1.09. The van der Waals surface area contributed by atoms with Crippen molar-refractivity contribution >= 4 is 35.8 Å². The van der Waals surface area contributed by atoms with Gasteiger partial charge in [0.1, 0.15) is 5.82 Å². The molecule has 0 aromatic carbocycles. The molecule has 1 aliphatic carbocycles. The lowest BCUT2D eigenvalue weighted by Crippen LogP contribution is -2.41. The minimum atomic E-state index is 0. The average molecular weight is 445 g/mol. The molecular weight excluding hydrogens is 417 g/mol. The lowest BCUT2D eigenvalue weighted by Gasteiger charge is -2.32. The predicted molar refractivity (Wildman–Crippen MR) is 108 cm³/mol. The number of rotatable bonds is 4. The number of anilines is 1. The van der Waals surface area contributed by atoms with Crippen molar-refractivity contribution in [1.29, 1.82) is 0 Å². The Morgan fingerprint density at radius 3 is 2.92 bits per heavy atom. The third kappa shape index (κ3) is 5.20. The second kappa shape index (κ2) is 8.84. The highest BCUT2D eigenvalue weighted by atomic mass is 127. The van der Waals surface area contributed by atoms with Crippen LogP contribution in [-0.2, 0) is 11.3 Å². The van der Waals surface area contributed by atoms with E-state index in [1.165, 1.54) is 12.0 Å². The molecule has 1 saturated carbocycles. The summed E-state index contributed by atoms with van der Waals surface area (Å²) in [5.41, 5.74) is 1.21. The summed E-state index contributed by atoms with van der Waals surface area (Å²) in [6.45, 7) is 7.66. The van der Waals surface area contributed by atoms with Gasteiger partial charge in [-0.05, 0) is 37.0 Å². The van der Waals surface area contributed by atoms with Crippen molar-refractivity contribution in [2.75, 3.05) is 31.6 Å². The van der Waals surface area contributed by atoms with E-state index in [1.54, 1.807) is 0 Å². The first-order valence-electron chi connectivity index (χ1n) is 8.44. The fourth-order valence-corrected chi connectivity index (χ4v) is 2.85. The van der Waals surface area contributed by atoms with Crippen LogP contribution < -0.4 is 15.5 Å². The normalized spacial score (nSPS) is 26.5. The number of halogens is 1. The van der Waals surface area contributed by atoms with Gasteiger partial charge in [0.05, 0.1) is 12.7 Å². The molecule has 1 aromatic rings. The minimum absolute atomic E-state index is 0. The third-order valence-corrected chi connectivity index (χ3v) is 4.49. The van der Waals surface area contributed by atoms with E-state index >= 15 is 0 Å². The summed E-state index contributed by atoms with van der Waals surface area (Å²) in [6.07, 6.45) is 3.37. The number of ether oxygens (including phenoxy) is 1. The summed E-state index contributed by atoms with van der Waals surface area (Å²) in [7, 11) is 1.81. The van der Waals surface area contributed by atoms with Gasteiger partial charge in [0, 0.05) is 38.9 Å². The maximum atomic E-state index is 5.60. The molecule has 24 heavy (non-hydrogen) atoms. The number of aliphatic imine (C=N–C) groups is 1. The monoisotopic (exact) mass is 445 g/mol. The second-order valence-corrected chi connectivity index (χ2v) is 6.54. The minimum Gasteiger partial charge on any atom is -0.375 e. The number of nitrogens with zero attached hydrogens (tertiary/aromatic N) is 3. The molecule has 7 heteroatoms. The summed E-state index contributed by atoms with van der Waals surface area (Å²) in [5, 5.41) is 6.83. The number of aromatic nitrogens is 1. The van der Waals surface area contributed by atoms with E-state index in [1.807, 2.05) is 19.3 Å². The molecule has 2 N–H and O–H groups in total. The molecule has 1 aromatic heterocycles. The largest absolute Gasteiger partial charge is 0.375 e. The van der Waals surface area contributed by atoms with E-state index in [0.29, 0.717) is 6.04 Å². The zero-order valence-corrected chi connectivity index (χ0v) is 17.0. The standard InChI is InChI=1S/C17H27N5O.HI/c1-12-8-15(12)21-17(18-3)20-10-14-4-5-19-16(9-14)22-6-7-23-13(2)11-22;/h4-5,9,12-13,15H,6-8,10-11H2,1-3H3,(H2,18,20,21);1H. The summed E-state index contributed by atoms with van der Waals surface area (Å²) >= 11 is 0. The van der Waals surface area contributed by atoms with Crippen LogP contribution in [0, 0.1) is 5.92 Å². The molecule has 0 radical (unpaired) electrons. The van der Waals surface area contributed by atoms with Crippen LogP contribution in [0.2, 0.25) is 0 Å². The Morgan fingerprint density at radius 1 is 1.46 bits per heavy atom. The molecule has 134 valence electrons. The Balaban J connectivity index is 0.00000208. The maximum absolute atomic E-state index is 5.60. The number of morpholine rings is 1. The topological polar surface area (TPSA) is 61.8 Å². The van der Waals surface area contributed by atoms with Crippen molar-refractivity contribution < 1.29 is 4.74 Å². The highest BCUT2D eigenvalue weighted by Gasteiger charge is 2.33. The molecule has 3 rings (SSSR count). The van der Waals surface area contributed by atoms with Gasteiger partial charge in [0.25, 0.3) is 0 Å². The van der Waals surface area contributed by atoms with Gasteiger partial charge in [-0.25, -0.2) is 4.98 Å². The number of nitrogens with one attached hydrogen (secondary N) is 2. The van der Waals surface area contributed by atoms with E-state index in [-0.39, 0.29) is 30.1 Å². The van der Waals surface area contributed by atoms with Crippen LogP contribution in [0.4, 0.5) is 5.82 Å². The molecule has 1 saturated heterocycles. The van der Waals surface area contributed by atoms with Gasteiger partial charge >= 0.3 is 0 Å². The SMILES string of the molecule is CN=C(NCc1ccnc(N2CCOC(C)C2)c1)NC1CC1C.I. The number of hydrogen-bond acceptors (Lipinski definition) is 4. The van der Waals surface area contributed by atoms with Gasteiger partial charge in [0.2, 0.25) is 0 Å². The first-order chi connectivity index (χ1) is 11.2. The van der Waals surface area contributed by atoms with Crippen molar-refractivity contribution in [3.63, 3.8) is 0 Å². The van der Waals surface area contributed by atoms with Crippen LogP contribution in [0.25, 0.3) is 0 Å². The van der Waals surface area contributed by atoms with Crippen LogP contribution in [0.5, 0.6) is 0 Å². The van der Waals surface area contributed by atoms with Gasteiger partial charge in [-0.3, -0.25) is 4.99 Å². The fraction of sp³-hybridized carbons (Fsp3) is 0.647. The quantitative estimate of drug-likeness (QED) is 0.422. The summed E-state index contributed by atoms with van der Waals surface area (Å²) in [4.78, 5) is 11.1. The Labute approximate surface area is 161 Å². The highest BCUT2D eigenvalue weighted by molar-refractivity contribution is 14.0. The smallest absolute Gasteiger partial charge is 0.191 e. The van der Waals surface area contributed by atoms with Crippen LogP contribution in [0.3, 0.4) is 0 Å². The van der Waals surface area contributed by atoms with Crippen LogP contribution in [0.15, 0.2) is 23.3 Å². The molecule has 1 aliphatic heterocycles. The number of hydrogen-bond donors (Lipinski definition) is 2. The summed E-state index contributed by atoms with van der Waals surface area (Å²) in [5.74, 6) is 2.65. The van der Waals surface area contributed by atoms with Crippen molar-refractivity contribution in [1.82, 2.24) is 15.6 Å². The van der Waals surface area contributed by atoms with E-state index in [0.717, 1.165) is 43.9 Å². The molecule has 6 nitrogen and oxygen atoms in total. The Kier molecular flexibility index (Phi) is 7.09. The first-order valence-corrected chi connectivity index (χ1v) is 8.44. The van der Waals surface area contributed by atoms with Crippen LogP contribution in [-0.4, -0.2) is 49.8 Å². The molecule has 2 fully saturated rings. The molecule has 0 bridgehead atoms. The van der Waals surface area contributed by atoms with Crippen LogP contribution >= 0.6 is 24.0 Å². The van der Waals surface area contributed by atoms with E-state index in [9.17, 15) is 0 Å². The molecule has 3 atom stereocenters. The van der Waals surface area contributed by atoms with Gasteiger partial charge in [0.15, 0.2) is 5.96 Å². The molecule has 2 aliphatic rings. The molecule has 0 spiro atoms. The number of guanidine groups is 1. The van der Waals surface area contributed by atoms with Gasteiger partial charge in [-0.2, -0.15) is 0 Å². The Bertz CT molecular complexity index is 568. The molecule has 2 heterocycles. The Morgan fingerprint density at radius 2 is 2.25 bits per heavy atom. The number of pyridine rings is 1. The zero-order chi connectivity index (χ0) is 16.2. The average Bonchev–Trinajstić information content (AvgIpc) is 3.26. The van der Waals surface area contributed by atoms with Crippen molar-refractivity contribution in [3.05, 3.63) is 23.9 Å². The molecule has 0 amide bonds. The van der Waals surface area contributed by atoms with E-state index in [4.69, 9.17) is 4.74 Å².